The molecule has 0 radical (unpaired) electrons. The number of hydrogen-bond acceptors (Lipinski definition) is 17. The fourth-order valence-corrected chi connectivity index (χ4v) is 8.41. The van der Waals surface area contributed by atoms with Crippen molar-refractivity contribution in [3.63, 3.8) is 0 Å². The molecule has 2 saturated heterocycles. The van der Waals surface area contributed by atoms with Crippen LogP contribution in [0, 0.1) is 17.2 Å². The first kappa shape index (κ1) is 42.7. The van der Waals surface area contributed by atoms with Gasteiger partial charge in [-0.1, -0.05) is 32.0 Å². The molecular weight excluding hydrogens is 830 g/mol. The molecule has 6 heterocycles. The third kappa shape index (κ3) is 9.48. The summed E-state index contributed by atoms with van der Waals surface area (Å²) in [7, 11) is -7.74. The van der Waals surface area contributed by atoms with Gasteiger partial charge in [-0.25, -0.2) is 19.5 Å². The number of aromatic nitrogens is 7. The zero-order valence-corrected chi connectivity index (χ0v) is 33.7. The molecule has 25 heteroatoms. The first-order chi connectivity index (χ1) is 28.9. The molecule has 4 aromatic heterocycles. The SMILES string of the molecule is CC(C)C(=O)Nc1nc2c(ncn2[C@@H]2O[C@H](COP(=O)(OCCC#N)O[C@H]3C[C@H](n4ccc5c(NC(=O)c6ccccc6)ncnc54)O[C@@H]3CO)C[C@H]2O[P+](=O)O)c(=O)[nH]1. The van der Waals surface area contributed by atoms with Crippen LogP contribution in [0.2, 0.25) is 0 Å². The van der Waals surface area contributed by atoms with E-state index in [0.717, 1.165) is 0 Å². The highest BCUT2D eigenvalue weighted by Gasteiger charge is 2.47. The molecule has 2 amide bonds. The van der Waals surface area contributed by atoms with Gasteiger partial charge >= 0.3 is 16.1 Å². The number of carbonyl (C=O) groups excluding carboxylic acids is 2. The van der Waals surface area contributed by atoms with Crippen LogP contribution in [0.5, 0.6) is 0 Å². The third-order valence-electron chi connectivity index (χ3n) is 9.44. The molecule has 0 bridgehead atoms. The zero-order chi connectivity index (χ0) is 42.6. The van der Waals surface area contributed by atoms with Gasteiger partial charge in [0.1, 0.15) is 36.2 Å². The van der Waals surface area contributed by atoms with Gasteiger partial charge in [-0.3, -0.25) is 42.8 Å². The van der Waals surface area contributed by atoms with Crippen molar-refractivity contribution in [3.8, 4) is 6.07 Å². The van der Waals surface area contributed by atoms with Crippen LogP contribution < -0.4 is 16.2 Å². The highest BCUT2D eigenvalue weighted by atomic mass is 31.2. The Hall–Kier alpha value is -5.37. The van der Waals surface area contributed by atoms with Crippen molar-refractivity contribution in [3.05, 3.63) is 71.2 Å². The highest BCUT2D eigenvalue weighted by molar-refractivity contribution is 7.48. The maximum Gasteiger partial charge on any atom is 0.695 e. The van der Waals surface area contributed by atoms with Gasteiger partial charge in [-0.05, 0) is 18.2 Å². The van der Waals surface area contributed by atoms with Gasteiger partial charge in [-0.15, -0.1) is 9.42 Å². The van der Waals surface area contributed by atoms with Crippen molar-refractivity contribution in [1.82, 2.24) is 34.1 Å². The molecule has 0 saturated carbocycles. The zero-order valence-electron chi connectivity index (χ0n) is 31.9. The lowest BCUT2D eigenvalue weighted by Crippen LogP contribution is -2.28. The molecule has 5 aromatic rings. The number of phosphoric acid groups is 1. The summed E-state index contributed by atoms with van der Waals surface area (Å²) < 4.78 is 63.7. The number of nitrogens with one attached hydrogen (secondary N) is 3. The summed E-state index contributed by atoms with van der Waals surface area (Å²) >= 11 is 0. The second-order valence-electron chi connectivity index (χ2n) is 13.8. The van der Waals surface area contributed by atoms with Gasteiger partial charge in [0.15, 0.2) is 23.5 Å². The first-order valence-electron chi connectivity index (χ1n) is 18.5. The third-order valence-corrected chi connectivity index (χ3v) is 11.4. The predicted octanol–water partition coefficient (Wildman–Crippen LogP) is 3.45. The van der Waals surface area contributed by atoms with E-state index in [4.69, 9.17) is 32.8 Å². The summed E-state index contributed by atoms with van der Waals surface area (Å²) in [5.41, 5.74) is -0.0266. The number of benzene rings is 1. The Labute approximate surface area is 340 Å². The van der Waals surface area contributed by atoms with E-state index in [-0.39, 0.29) is 54.7 Å². The Morgan fingerprint density at radius 1 is 1.08 bits per heavy atom. The number of amides is 2. The summed E-state index contributed by atoms with van der Waals surface area (Å²) in [6.07, 6.45) is -2.40. The van der Waals surface area contributed by atoms with E-state index in [1.54, 1.807) is 61.0 Å². The number of nitrogens with zero attached hydrogens (tertiary/aromatic N) is 7. The summed E-state index contributed by atoms with van der Waals surface area (Å²) in [6, 6.07) is 12.2. The van der Waals surface area contributed by atoms with E-state index >= 15 is 0 Å². The predicted molar refractivity (Wildman–Crippen MR) is 207 cm³/mol. The smallest absolute Gasteiger partial charge is 0.394 e. The number of imidazole rings is 1. The number of ether oxygens (including phenoxy) is 2. The molecule has 8 atom stereocenters. The number of H-pyrrole nitrogens is 1. The van der Waals surface area contributed by atoms with Crippen molar-refractivity contribution < 1.29 is 56.3 Å². The standard InChI is InChI=1S/C35H38N10O13P2/c1-19(2)31(47)42-35-41-30-27(33(49)43-35)39-18-45(30)34-24(57-59(50)51)13-21(55-34)16-54-60(52,53-12-6-10-36)58-23-14-26(56-25(23)15-46)44-11-9-22-28(37-17-38-29(22)44)40-32(48)20-7-4-3-5-8-20/h3-5,7-9,11,17-19,21,23-26,34,46H,6,12-16H2,1-2H3,(H3-,37,38,40,41,42,43,47,48,49,50,51)/p+1/t21-,23-,24+,25+,26+,34+,60?/m0/s1. The number of phosphoric ester groups is 1. The molecule has 2 aliphatic heterocycles. The number of aliphatic hydroxyl groups is 1. The van der Waals surface area contributed by atoms with Gasteiger partial charge in [-0.2, -0.15) is 10.2 Å². The van der Waals surface area contributed by atoms with E-state index in [0.29, 0.717) is 16.6 Å². The molecule has 1 aromatic carbocycles. The van der Waals surface area contributed by atoms with Crippen LogP contribution in [-0.2, 0) is 41.5 Å². The summed E-state index contributed by atoms with van der Waals surface area (Å²) in [5, 5.41) is 25.2. The van der Waals surface area contributed by atoms with E-state index in [1.807, 2.05) is 6.07 Å². The molecule has 60 heavy (non-hydrogen) atoms. The first-order valence-corrected chi connectivity index (χ1v) is 21.1. The highest BCUT2D eigenvalue weighted by Crippen LogP contribution is 2.54. The number of anilines is 2. The number of fused-ring (bicyclic) bond motifs is 2. The summed E-state index contributed by atoms with van der Waals surface area (Å²) in [4.78, 5) is 67.2. The van der Waals surface area contributed by atoms with Gasteiger partial charge < -0.3 is 24.5 Å². The van der Waals surface area contributed by atoms with Crippen LogP contribution in [0.25, 0.3) is 22.2 Å². The molecule has 23 nitrogen and oxygen atoms in total. The topological polar surface area (TPSA) is 306 Å². The number of carbonyl (C=O) groups is 2. The van der Waals surface area contributed by atoms with Gasteiger partial charge in [0.2, 0.25) is 11.9 Å². The summed E-state index contributed by atoms with van der Waals surface area (Å²) in [6.45, 7) is 1.90. The normalized spacial score (nSPS) is 22.8. The van der Waals surface area contributed by atoms with E-state index in [2.05, 4.69) is 35.6 Å². The van der Waals surface area contributed by atoms with Crippen molar-refractivity contribution in [1.29, 1.82) is 5.26 Å². The van der Waals surface area contributed by atoms with Gasteiger partial charge in [0, 0.05) is 35.1 Å². The Morgan fingerprint density at radius 3 is 2.62 bits per heavy atom. The average Bonchev–Trinajstić information content (AvgIpc) is 4.03. The molecule has 0 aliphatic carbocycles. The monoisotopic (exact) mass is 869 g/mol. The molecular formula is C35H39N10O13P2+. The Kier molecular flexibility index (Phi) is 13.2. The number of hydrogen-bond donors (Lipinski definition) is 5. The van der Waals surface area contributed by atoms with Crippen molar-refractivity contribution in [2.45, 2.75) is 70.0 Å². The van der Waals surface area contributed by atoms with E-state index < -0.39 is 83.5 Å². The van der Waals surface area contributed by atoms with E-state index in [1.165, 1.54) is 17.2 Å². The number of aliphatic hydroxyl groups excluding tert-OH is 1. The van der Waals surface area contributed by atoms with E-state index in [9.17, 15) is 33.5 Å². The molecule has 2 fully saturated rings. The minimum absolute atomic E-state index is 0.0145. The van der Waals surface area contributed by atoms with Crippen LogP contribution in [-0.4, -0.2) is 100 Å². The molecule has 316 valence electrons. The van der Waals surface area contributed by atoms with Gasteiger partial charge in [0.25, 0.3) is 11.5 Å². The lowest BCUT2D eigenvalue weighted by Gasteiger charge is -2.24. The maximum absolute atomic E-state index is 14.2. The molecule has 7 rings (SSSR count). The largest absolute Gasteiger partial charge is 0.695 e. The fraction of sp³-hybridized carbons (Fsp3) is 0.429. The molecule has 5 N–H and O–H groups in total. The van der Waals surface area contributed by atoms with Gasteiger partial charge in [0.05, 0.1) is 50.1 Å². The van der Waals surface area contributed by atoms with Crippen LogP contribution in [0.3, 0.4) is 0 Å². The number of rotatable bonds is 17. The molecule has 2 unspecified atom stereocenters. The molecule has 2 aliphatic rings. The average molecular weight is 870 g/mol. The van der Waals surface area contributed by atoms with Crippen LogP contribution in [0.1, 0.15) is 55.9 Å². The number of aromatic amines is 1. The second kappa shape index (κ2) is 18.5. The second-order valence-corrected chi connectivity index (χ2v) is 16.1. The minimum atomic E-state index is -4.58. The lowest BCUT2D eigenvalue weighted by atomic mass is 10.2. The van der Waals surface area contributed by atoms with Crippen LogP contribution in [0.4, 0.5) is 11.8 Å². The summed E-state index contributed by atoms with van der Waals surface area (Å²) in [5.74, 6) is -1.14. The van der Waals surface area contributed by atoms with Crippen molar-refractivity contribution in [2.24, 2.45) is 5.92 Å². The minimum Gasteiger partial charge on any atom is -0.394 e. The van der Waals surface area contributed by atoms with Crippen LogP contribution in [0.15, 0.2) is 60.0 Å². The maximum atomic E-state index is 14.2. The fourth-order valence-electron chi connectivity index (χ4n) is 6.57. The van der Waals surface area contributed by atoms with Crippen molar-refractivity contribution in [2.75, 3.05) is 30.5 Å². The number of nitriles is 1. The quantitative estimate of drug-likeness (QED) is 0.0660. The lowest BCUT2D eigenvalue weighted by molar-refractivity contribution is -0.118. The Balaban J connectivity index is 1.07. The van der Waals surface area contributed by atoms with Crippen LogP contribution >= 0.6 is 16.1 Å². The van der Waals surface area contributed by atoms with Crippen molar-refractivity contribution >= 4 is 61.9 Å². The Morgan fingerprint density at radius 2 is 1.88 bits per heavy atom. The molecule has 0 spiro atoms. The Bertz CT molecular complexity index is 2530.